The predicted octanol–water partition coefficient (Wildman–Crippen LogP) is 0.790. The van der Waals surface area contributed by atoms with Crippen molar-refractivity contribution >= 4 is 5.91 Å². The maximum absolute atomic E-state index is 11.8. The van der Waals surface area contributed by atoms with Gasteiger partial charge in [0.2, 0.25) is 5.91 Å². The van der Waals surface area contributed by atoms with E-state index in [9.17, 15) is 4.79 Å². The number of carbonyl (C=O) groups is 1. The Morgan fingerprint density at radius 3 is 2.85 bits per heavy atom. The van der Waals surface area contributed by atoms with Crippen LogP contribution < -0.4 is 0 Å². The lowest BCUT2D eigenvalue weighted by Gasteiger charge is -2.30. The molecule has 0 N–H and O–H groups in total. The van der Waals surface area contributed by atoms with E-state index in [2.05, 4.69) is 19.9 Å². The van der Waals surface area contributed by atoms with Gasteiger partial charge >= 0.3 is 0 Å². The lowest BCUT2D eigenvalue weighted by atomic mass is 10.2. The molecule has 6 nitrogen and oxygen atoms in total. The Morgan fingerprint density at radius 1 is 1.45 bits per heavy atom. The van der Waals surface area contributed by atoms with Crippen LogP contribution in [0.3, 0.4) is 0 Å². The highest BCUT2D eigenvalue weighted by Gasteiger charge is 2.35. The van der Waals surface area contributed by atoms with E-state index in [4.69, 9.17) is 0 Å². The van der Waals surface area contributed by atoms with Gasteiger partial charge in [-0.05, 0) is 32.2 Å². The fraction of sp³-hybridized carbons (Fsp3) is 0.786. The zero-order valence-corrected chi connectivity index (χ0v) is 12.3. The zero-order chi connectivity index (χ0) is 14.1. The lowest BCUT2D eigenvalue weighted by Crippen LogP contribution is -2.43. The van der Waals surface area contributed by atoms with E-state index in [1.165, 1.54) is 25.7 Å². The number of carbonyl (C=O) groups excluding carboxylic acids is 1. The second-order valence-electron chi connectivity index (χ2n) is 5.97. The van der Waals surface area contributed by atoms with Crippen LogP contribution in [0.15, 0.2) is 6.33 Å². The molecular weight excluding hydrogens is 254 g/mol. The maximum atomic E-state index is 11.8. The van der Waals surface area contributed by atoms with E-state index in [0.717, 1.165) is 25.5 Å². The van der Waals surface area contributed by atoms with Gasteiger partial charge in [-0.15, -0.1) is 0 Å². The molecule has 1 saturated heterocycles. The first-order chi connectivity index (χ1) is 9.65. The van der Waals surface area contributed by atoms with Gasteiger partial charge in [0.1, 0.15) is 12.2 Å². The van der Waals surface area contributed by atoms with Crippen LogP contribution in [0.25, 0.3) is 0 Å². The SMILES string of the molecule is CC(=O)N(C[C@@H]1CCCN1Cc1ncnn1C)C1CC1. The van der Waals surface area contributed by atoms with Gasteiger partial charge in [0, 0.05) is 32.6 Å². The lowest BCUT2D eigenvalue weighted by molar-refractivity contribution is -0.130. The summed E-state index contributed by atoms with van der Waals surface area (Å²) in [5.41, 5.74) is 0. The van der Waals surface area contributed by atoms with Crippen LogP contribution in [0.5, 0.6) is 0 Å². The zero-order valence-electron chi connectivity index (χ0n) is 12.3. The first-order valence-corrected chi connectivity index (χ1v) is 7.49. The van der Waals surface area contributed by atoms with E-state index in [1.54, 1.807) is 13.3 Å². The normalized spacial score (nSPS) is 23.2. The summed E-state index contributed by atoms with van der Waals surface area (Å²) in [7, 11) is 1.93. The molecular formula is C14H23N5O. The Hall–Kier alpha value is -1.43. The number of hydrogen-bond acceptors (Lipinski definition) is 4. The molecule has 1 saturated carbocycles. The first-order valence-electron chi connectivity index (χ1n) is 7.49. The summed E-state index contributed by atoms with van der Waals surface area (Å²) in [6.07, 6.45) is 6.34. The van der Waals surface area contributed by atoms with Gasteiger partial charge in [-0.2, -0.15) is 5.10 Å². The van der Waals surface area contributed by atoms with Gasteiger partial charge < -0.3 is 4.90 Å². The molecule has 6 heteroatoms. The topological polar surface area (TPSA) is 54.3 Å². The van der Waals surface area contributed by atoms with Crippen molar-refractivity contribution in [3.05, 3.63) is 12.2 Å². The van der Waals surface area contributed by atoms with E-state index >= 15 is 0 Å². The van der Waals surface area contributed by atoms with Gasteiger partial charge in [0.05, 0.1) is 6.54 Å². The number of rotatable bonds is 5. The minimum absolute atomic E-state index is 0.220. The summed E-state index contributed by atoms with van der Waals surface area (Å²) in [6.45, 7) is 4.49. The van der Waals surface area contributed by atoms with E-state index in [0.29, 0.717) is 12.1 Å². The van der Waals surface area contributed by atoms with Crippen molar-refractivity contribution in [3.8, 4) is 0 Å². The third-order valence-electron chi connectivity index (χ3n) is 4.45. The highest BCUT2D eigenvalue weighted by molar-refractivity contribution is 5.74. The molecule has 3 rings (SSSR count). The Kier molecular flexibility index (Phi) is 3.74. The molecule has 0 aromatic carbocycles. The average molecular weight is 277 g/mol. The third-order valence-corrected chi connectivity index (χ3v) is 4.45. The largest absolute Gasteiger partial charge is 0.338 e. The summed E-state index contributed by atoms with van der Waals surface area (Å²) >= 11 is 0. The van der Waals surface area contributed by atoms with Crippen LogP contribution in [0, 0.1) is 0 Å². The molecule has 0 unspecified atom stereocenters. The van der Waals surface area contributed by atoms with Crippen LogP contribution >= 0.6 is 0 Å². The molecule has 1 aromatic heterocycles. The monoisotopic (exact) mass is 277 g/mol. The number of likely N-dealkylation sites (tertiary alicyclic amines) is 1. The average Bonchev–Trinajstić information content (AvgIpc) is 3.03. The van der Waals surface area contributed by atoms with Crippen LogP contribution in [0.1, 0.15) is 38.4 Å². The summed E-state index contributed by atoms with van der Waals surface area (Å²) in [5.74, 6) is 1.22. The first kappa shape index (κ1) is 13.5. The molecule has 20 heavy (non-hydrogen) atoms. The smallest absolute Gasteiger partial charge is 0.219 e. The molecule has 1 atom stereocenters. The minimum Gasteiger partial charge on any atom is -0.338 e. The Morgan fingerprint density at radius 2 is 2.25 bits per heavy atom. The molecule has 2 fully saturated rings. The third kappa shape index (κ3) is 2.85. The summed E-state index contributed by atoms with van der Waals surface area (Å²) in [6, 6.07) is 0.973. The van der Waals surface area contributed by atoms with Crippen molar-refractivity contribution in [2.45, 2.75) is 51.2 Å². The molecule has 1 aliphatic heterocycles. The molecule has 2 heterocycles. The van der Waals surface area contributed by atoms with Crippen molar-refractivity contribution in [1.29, 1.82) is 0 Å². The minimum atomic E-state index is 0.220. The van der Waals surface area contributed by atoms with E-state index < -0.39 is 0 Å². The second kappa shape index (κ2) is 5.52. The van der Waals surface area contributed by atoms with Crippen LogP contribution in [-0.4, -0.2) is 55.6 Å². The second-order valence-corrected chi connectivity index (χ2v) is 5.97. The molecule has 0 radical (unpaired) electrons. The standard InChI is InChI=1S/C14H23N5O/c1-11(20)19(12-5-6-12)8-13-4-3-7-18(13)9-14-15-10-16-17(14)2/h10,12-13H,3-9H2,1-2H3/t13-/m0/s1. The number of aromatic nitrogens is 3. The Balaban J connectivity index is 1.63. The number of amides is 1. The Labute approximate surface area is 119 Å². The number of nitrogens with zero attached hydrogens (tertiary/aromatic N) is 5. The maximum Gasteiger partial charge on any atom is 0.219 e. The van der Waals surface area contributed by atoms with Gasteiger partial charge in [-0.1, -0.05) is 0 Å². The van der Waals surface area contributed by atoms with Gasteiger partial charge in [0.15, 0.2) is 0 Å². The van der Waals surface area contributed by atoms with Crippen molar-refractivity contribution < 1.29 is 4.79 Å². The predicted molar refractivity (Wildman–Crippen MR) is 74.8 cm³/mol. The molecule has 2 aliphatic rings. The van der Waals surface area contributed by atoms with Crippen molar-refractivity contribution in [3.63, 3.8) is 0 Å². The fourth-order valence-electron chi connectivity index (χ4n) is 3.10. The van der Waals surface area contributed by atoms with Gasteiger partial charge in [-0.25, -0.2) is 4.98 Å². The van der Waals surface area contributed by atoms with Crippen LogP contribution in [0.4, 0.5) is 0 Å². The van der Waals surface area contributed by atoms with E-state index in [1.807, 2.05) is 11.7 Å². The fourth-order valence-corrected chi connectivity index (χ4v) is 3.10. The highest BCUT2D eigenvalue weighted by Crippen LogP contribution is 2.29. The van der Waals surface area contributed by atoms with E-state index in [-0.39, 0.29) is 5.91 Å². The summed E-state index contributed by atoms with van der Waals surface area (Å²) < 4.78 is 1.83. The molecule has 0 bridgehead atoms. The van der Waals surface area contributed by atoms with Gasteiger partial charge in [0.25, 0.3) is 0 Å². The summed E-state index contributed by atoms with van der Waals surface area (Å²) in [4.78, 5) is 20.6. The van der Waals surface area contributed by atoms with Crippen LogP contribution in [0.2, 0.25) is 0 Å². The Bertz CT molecular complexity index is 482. The molecule has 110 valence electrons. The quantitative estimate of drug-likeness (QED) is 0.798. The molecule has 1 amide bonds. The van der Waals surface area contributed by atoms with Crippen LogP contribution in [-0.2, 0) is 18.4 Å². The number of hydrogen-bond donors (Lipinski definition) is 0. The van der Waals surface area contributed by atoms with Gasteiger partial charge in [-0.3, -0.25) is 14.4 Å². The van der Waals surface area contributed by atoms with Crippen molar-refractivity contribution in [2.24, 2.45) is 7.05 Å². The highest BCUT2D eigenvalue weighted by atomic mass is 16.2. The summed E-state index contributed by atoms with van der Waals surface area (Å²) in [5, 5.41) is 4.13. The molecule has 1 aromatic rings. The molecule has 1 aliphatic carbocycles. The van der Waals surface area contributed by atoms with Crippen molar-refractivity contribution in [2.75, 3.05) is 13.1 Å². The number of aryl methyl sites for hydroxylation is 1. The van der Waals surface area contributed by atoms with Crippen molar-refractivity contribution in [1.82, 2.24) is 24.6 Å². The molecule has 0 spiro atoms.